The molecule has 8 nitrogen and oxygen atoms in total. The van der Waals surface area contributed by atoms with Crippen LogP contribution in [0.1, 0.15) is 26.3 Å². The fourth-order valence-corrected chi connectivity index (χ4v) is 4.90. The van der Waals surface area contributed by atoms with Gasteiger partial charge >= 0.3 is 11.9 Å². The third-order valence-corrected chi connectivity index (χ3v) is 6.92. The fraction of sp³-hybridized carbons (Fsp3) is 0.393. The monoisotopic (exact) mass is 489 g/mol. The maximum absolute atomic E-state index is 12.5. The Labute approximate surface area is 210 Å². The summed E-state index contributed by atoms with van der Waals surface area (Å²) in [5.74, 6) is -0.839. The van der Waals surface area contributed by atoms with E-state index in [2.05, 4.69) is 16.7 Å². The number of hydrogen-bond donors (Lipinski definition) is 1. The third kappa shape index (κ3) is 4.54. The minimum Gasteiger partial charge on any atom is -0.417 e. The maximum atomic E-state index is 12.5. The molecule has 0 radical (unpaired) electrons. The number of aliphatic hydroxyl groups excluding tert-OH is 1. The second kappa shape index (κ2) is 9.52. The van der Waals surface area contributed by atoms with Gasteiger partial charge < -0.3 is 24.4 Å². The van der Waals surface area contributed by atoms with Crippen molar-refractivity contribution in [2.24, 2.45) is 5.41 Å². The van der Waals surface area contributed by atoms with Crippen molar-refractivity contribution >= 4 is 28.5 Å². The van der Waals surface area contributed by atoms with Crippen molar-refractivity contribution in [3.05, 3.63) is 48.0 Å². The zero-order chi connectivity index (χ0) is 25.4. The molecule has 188 valence electrons. The van der Waals surface area contributed by atoms with Crippen LogP contribution in [-0.2, 0) is 16.0 Å². The topological polar surface area (TPSA) is 92.2 Å². The number of hydrogen-bond acceptors (Lipinski definition) is 8. The number of pyridine rings is 1. The van der Waals surface area contributed by atoms with Crippen molar-refractivity contribution in [2.75, 3.05) is 44.2 Å². The number of likely N-dealkylation sites (N-methyl/N-ethyl adjacent to an activating group) is 1. The van der Waals surface area contributed by atoms with E-state index in [4.69, 9.17) is 14.5 Å². The molecule has 1 N–H and O–H groups in total. The lowest BCUT2D eigenvalue weighted by molar-refractivity contribution is -0.155. The number of esters is 2. The summed E-state index contributed by atoms with van der Waals surface area (Å²) in [5, 5.41) is 11.1. The highest BCUT2D eigenvalue weighted by Gasteiger charge is 2.32. The molecule has 0 spiro atoms. The molecule has 0 amide bonds. The van der Waals surface area contributed by atoms with E-state index in [1.807, 2.05) is 44.2 Å². The summed E-state index contributed by atoms with van der Waals surface area (Å²) in [4.78, 5) is 34.5. The standard InChI is InChI=1S/C28H31N3O5/c1-4-30-11-13-31(14-12-30)25-20-9-6-10-21-22(20)24(36-27(34)26(33)35-21)23(29-25)19-8-5-7-18(15-19)16-28(2,3)17-32/h5-10,15,32H,4,11-14,16-17H2,1-3H3. The smallest absolute Gasteiger partial charge is 0.417 e. The van der Waals surface area contributed by atoms with Crippen molar-refractivity contribution in [1.82, 2.24) is 9.88 Å². The van der Waals surface area contributed by atoms with E-state index >= 15 is 0 Å². The Morgan fingerprint density at radius 3 is 2.44 bits per heavy atom. The van der Waals surface area contributed by atoms with Crippen molar-refractivity contribution in [3.8, 4) is 22.8 Å². The summed E-state index contributed by atoms with van der Waals surface area (Å²) < 4.78 is 11.0. The number of carbonyl (C=O) groups is 2. The summed E-state index contributed by atoms with van der Waals surface area (Å²) in [6.07, 6.45) is 0.665. The zero-order valence-electron chi connectivity index (χ0n) is 20.9. The molecule has 1 aromatic heterocycles. The van der Waals surface area contributed by atoms with Gasteiger partial charge in [-0.2, -0.15) is 0 Å². The minimum absolute atomic E-state index is 0.0605. The largest absolute Gasteiger partial charge is 0.423 e. The number of ether oxygens (including phenoxy) is 2. The highest BCUT2D eigenvalue weighted by molar-refractivity contribution is 6.32. The molecule has 8 heteroatoms. The second-order valence-electron chi connectivity index (χ2n) is 10.2. The Morgan fingerprint density at radius 2 is 1.72 bits per heavy atom. The first-order valence-electron chi connectivity index (χ1n) is 12.4. The lowest BCUT2D eigenvalue weighted by Crippen LogP contribution is -2.46. The van der Waals surface area contributed by atoms with Gasteiger partial charge in [-0.05, 0) is 36.1 Å². The minimum atomic E-state index is -1.07. The average molecular weight is 490 g/mol. The fourth-order valence-electron chi connectivity index (χ4n) is 4.90. The van der Waals surface area contributed by atoms with Crippen molar-refractivity contribution in [3.63, 3.8) is 0 Å². The van der Waals surface area contributed by atoms with Gasteiger partial charge in [-0.1, -0.05) is 51.1 Å². The molecule has 2 aliphatic rings. The molecular weight excluding hydrogens is 458 g/mol. The van der Waals surface area contributed by atoms with Gasteiger partial charge in [0.25, 0.3) is 0 Å². The molecule has 2 aromatic carbocycles. The predicted molar refractivity (Wildman–Crippen MR) is 137 cm³/mol. The average Bonchev–Trinajstić information content (AvgIpc) is 3.01. The van der Waals surface area contributed by atoms with Gasteiger partial charge in [0.05, 0.1) is 5.39 Å². The maximum Gasteiger partial charge on any atom is 0.423 e. The number of aromatic nitrogens is 1. The first kappa shape index (κ1) is 24.2. The van der Waals surface area contributed by atoms with Crippen molar-refractivity contribution in [2.45, 2.75) is 27.2 Å². The van der Waals surface area contributed by atoms with Crippen molar-refractivity contribution < 1.29 is 24.2 Å². The molecule has 0 bridgehead atoms. The lowest BCUT2D eigenvalue weighted by atomic mass is 9.86. The van der Waals surface area contributed by atoms with Crippen LogP contribution in [-0.4, -0.2) is 66.3 Å². The summed E-state index contributed by atoms with van der Waals surface area (Å²) >= 11 is 0. The van der Waals surface area contributed by atoms with Crippen LogP contribution in [0.2, 0.25) is 0 Å². The molecule has 1 fully saturated rings. The van der Waals surface area contributed by atoms with Crippen LogP contribution < -0.4 is 14.4 Å². The first-order chi connectivity index (χ1) is 17.3. The predicted octanol–water partition coefficient (Wildman–Crippen LogP) is 3.43. The lowest BCUT2D eigenvalue weighted by Gasteiger charge is -2.35. The number of carbonyl (C=O) groups excluding carboxylic acids is 2. The molecule has 36 heavy (non-hydrogen) atoms. The summed E-state index contributed by atoms with van der Waals surface area (Å²) in [6, 6.07) is 13.3. The van der Waals surface area contributed by atoms with Gasteiger partial charge in [-0.15, -0.1) is 0 Å². The van der Waals surface area contributed by atoms with Crippen LogP contribution in [0.4, 0.5) is 5.82 Å². The van der Waals surface area contributed by atoms with E-state index in [-0.39, 0.29) is 23.5 Å². The molecule has 0 saturated carbocycles. The molecule has 2 aliphatic heterocycles. The van der Waals surface area contributed by atoms with Crippen LogP contribution in [0.5, 0.6) is 11.5 Å². The highest BCUT2D eigenvalue weighted by atomic mass is 16.6. The number of aliphatic hydroxyl groups is 1. The van der Waals surface area contributed by atoms with Gasteiger partial charge in [0.2, 0.25) is 0 Å². The van der Waals surface area contributed by atoms with E-state index in [0.717, 1.165) is 55.1 Å². The molecule has 3 aromatic rings. The second-order valence-corrected chi connectivity index (χ2v) is 10.2. The van der Waals surface area contributed by atoms with E-state index in [1.54, 1.807) is 12.1 Å². The van der Waals surface area contributed by atoms with Crippen LogP contribution in [0, 0.1) is 5.41 Å². The normalized spacial score (nSPS) is 16.6. The number of piperazine rings is 1. The van der Waals surface area contributed by atoms with E-state index in [0.29, 0.717) is 17.5 Å². The molecule has 0 atom stereocenters. The molecule has 0 unspecified atom stereocenters. The Kier molecular flexibility index (Phi) is 6.40. The SMILES string of the molecule is CCN1CCN(c2nc(-c3cccc(CC(C)(C)CO)c3)c3c4c(cccc24)OC(=O)C(=O)O3)CC1. The molecule has 3 heterocycles. The number of nitrogens with zero attached hydrogens (tertiary/aromatic N) is 3. The van der Waals surface area contributed by atoms with Gasteiger partial charge in [0, 0.05) is 43.7 Å². The molecule has 5 rings (SSSR count). The quantitative estimate of drug-likeness (QED) is 0.320. The summed E-state index contributed by atoms with van der Waals surface area (Å²) in [5.41, 5.74) is 1.99. The van der Waals surface area contributed by atoms with Crippen molar-refractivity contribution in [1.29, 1.82) is 0 Å². The summed E-state index contributed by atoms with van der Waals surface area (Å²) in [7, 11) is 0. The van der Waals surface area contributed by atoms with Gasteiger partial charge in [-0.3, -0.25) is 0 Å². The number of benzene rings is 2. The molecule has 0 aliphatic carbocycles. The number of rotatable bonds is 6. The van der Waals surface area contributed by atoms with Gasteiger partial charge in [0.15, 0.2) is 5.75 Å². The number of anilines is 1. The van der Waals surface area contributed by atoms with Crippen LogP contribution in [0.25, 0.3) is 22.0 Å². The Morgan fingerprint density at radius 1 is 1.00 bits per heavy atom. The first-order valence-corrected chi connectivity index (χ1v) is 12.4. The van der Waals surface area contributed by atoms with Gasteiger partial charge in [0.1, 0.15) is 17.3 Å². The Bertz CT molecular complexity index is 1330. The van der Waals surface area contributed by atoms with Crippen LogP contribution in [0.3, 0.4) is 0 Å². The van der Waals surface area contributed by atoms with E-state index < -0.39 is 11.9 Å². The highest BCUT2D eigenvalue weighted by Crippen LogP contribution is 2.45. The molecular formula is C28H31N3O5. The Hall–Kier alpha value is -3.49. The van der Waals surface area contributed by atoms with Gasteiger partial charge in [-0.25, -0.2) is 14.6 Å². The third-order valence-electron chi connectivity index (χ3n) is 6.92. The zero-order valence-corrected chi connectivity index (χ0v) is 20.9. The van der Waals surface area contributed by atoms with Crippen LogP contribution >= 0.6 is 0 Å². The van der Waals surface area contributed by atoms with Crippen LogP contribution in [0.15, 0.2) is 42.5 Å². The molecule has 1 saturated heterocycles. The van der Waals surface area contributed by atoms with E-state index in [1.165, 1.54) is 0 Å². The summed E-state index contributed by atoms with van der Waals surface area (Å²) in [6.45, 7) is 10.7. The van der Waals surface area contributed by atoms with E-state index in [9.17, 15) is 14.7 Å². The Balaban J connectivity index is 1.70.